The number of nitrogens with one attached hydrogen (secondary N) is 1. The van der Waals surface area contributed by atoms with Gasteiger partial charge < -0.3 is 10.2 Å². The van der Waals surface area contributed by atoms with Crippen LogP contribution >= 0.6 is 15.9 Å². The molecule has 0 aliphatic heterocycles. The Kier molecular flexibility index (Phi) is 6.03. The number of nitrogens with zero attached hydrogens (tertiary/aromatic N) is 1. The molecule has 2 nitrogen and oxygen atoms in total. The summed E-state index contributed by atoms with van der Waals surface area (Å²) in [5, 5.41) is 3.18. The number of halogens is 1. The minimum Gasteiger partial charge on any atom is -0.318 e. The molecule has 0 saturated heterocycles. The van der Waals surface area contributed by atoms with Gasteiger partial charge in [0, 0.05) is 23.6 Å². The molecule has 0 fully saturated rings. The molecule has 0 heterocycles. The third-order valence-electron chi connectivity index (χ3n) is 2.91. The van der Waals surface area contributed by atoms with Crippen LogP contribution in [0.15, 0.2) is 28.7 Å². The van der Waals surface area contributed by atoms with E-state index >= 15 is 0 Å². The standard InChI is InChI=1S/C13H21BrN2/c1-11(16(3)9-8-15-2)10-12-4-6-13(14)7-5-12/h4-7,11,15H,8-10H2,1-3H3. The topological polar surface area (TPSA) is 15.3 Å². The van der Waals surface area contributed by atoms with Gasteiger partial charge >= 0.3 is 0 Å². The number of benzene rings is 1. The minimum absolute atomic E-state index is 0.578. The van der Waals surface area contributed by atoms with E-state index in [2.05, 4.69) is 64.4 Å². The molecule has 0 aliphatic carbocycles. The maximum atomic E-state index is 3.46. The summed E-state index contributed by atoms with van der Waals surface area (Å²) in [6, 6.07) is 9.17. The molecule has 90 valence electrons. The first-order chi connectivity index (χ1) is 7.63. The first-order valence-electron chi connectivity index (χ1n) is 5.72. The second-order valence-corrected chi connectivity index (χ2v) is 5.18. The van der Waals surface area contributed by atoms with Crippen molar-refractivity contribution in [2.75, 3.05) is 27.2 Å². The van der Waals surface area contributed by atoms with Crippen molar-refractivity contribution in [3.8, 4) is 0 Å². The second kappa shape index (κ2) is 7.05. The minimum atomic E-state index is 0.578. The molecule has 0 bridgehead atoms. The van der Waals surface area contributed by atoms with Crippen molar-refractivity contribution in [1.29, 1.82) is 0 Å². The van der Waals surface area contributed by atoms with Gasteiger partial charge in [-0.3, -0.25) is 0 Å². The van der Waals surface area contributed by atoms with Gasteiger partial charge in [-0.2, -0.15) is 0 Å². The van der Waals surface area contributed by atoms with Crippen LogP contribution in [0.3, 0.4) is 0 Å². The zero-order valence-corrected chi connectivity index (χ0v) is 11.9. The van der Waals surface area contributed by atoms with Gasteiger partial charge in [0.2, 0.25) is 0 Å². The lowest BCUT2D eigenvalue weighted by atomic mass is 10.1. The quantitative estimate of drug-likeness (QED) is 0.864. The summed E-state index contributed by atoms with van der Waals surface area (Å²) < 4.78 is 1.15. The molecule has 0 aromatic heterocycles. The molecule has 0 amide bonds. The number of hydrogen-bond acceptors (Lipinski definition) is 2. The molecule has 1 rings (SSSR count). The molecule has 0 aliphatic rings. The van der Waals surface area contributed by atoms with Gasteiger partial charge in [-0.05, 0) is 45.1 Å². The van der Waals surface area contributed by atoms with E-state index in [4.69, 9.17) is 0 Å². The molecule has 0 saturated carbocycles. The number of likely N-dealkylation sites (N-methyl/N-ethyl adjacent to an activating group) is 2. The summed E-state index contributed by atoms with van der Waals surface area (Å²) in [6.45, 7) is 4.41. The molecular formula is C13H21BrN2. The van der Waals surface area contributed by atoms with Crippen molar-refractivity contribution in [2.45, 2.75) is 19.4 Å². The summed E-state index contributed by atoms with van der Waals surface area (Å²) in [6.07, 6.45) is 1.10. The fourth-order valence-electron chi connectivity index (χ4n) is 1.63. The van der Waals surface area contributed by atoms with Crippen LogP contribution in [0.1, 0.15) is 12.5 Å². The van der Waals surface area contributed by atoms with E-state index in [1.165, 1.54) is 5.56 Å². The zero-order chi connectivity index (χ0) is 12.0. The number of rotatable bonds is 6. The highest BCUT2D eigenvalue weighted by molar-refractivity contribution is 9.10. The molecule has 0 radical (unpaired) electrons. The molecule has 0 spiro atoms. The molecule has 1 unspecified atom stereocenters. The largest absolute Gasteiger partial charge is 0.318 e. The lowest BCUT2D eigenvalue weighted by Crippen LogP contribution is -2.35. The fraction of sp³-hybridized carbons (Fsp3) is 0.538. The lowest BCUT2D eigenvalue weighted by molar-refractivity contribution is 0.258. The van der Waals surface area contributed by atoms with Crippen molar-refractivity contribution in [1.82, 2.24) is 10.2 Å². The Bertz CT molecular complexity index is 297. The van der Waals surface area contributed by atoms with Crippen LogP contribution in [0.5, 0.6) is 0 Å². The SMILES string of the molecule is CNCCN(C)C(C)Cc1ccc(Br)cc1. The van der Waals surface area contributed by atoms with E-state index in [0.29, 0.717) is 6.04 Å². The Hall–Kier alpha value is -0.380. The van der Waals surface area contributed by atoms with E-state index < -0.39 is 0 Å². The van der Waals surface area contributed by atoms with E-state index in [-0.39, 0.29) is 0 Å². The van der Waals surface area contributed by atoms with Crippen molar-refractivity contribution < 1.29 is 0 Å². The van der Waals surface area contributed by atoms with Crippen molar-refractivity contribution in [3.05, 3.63) is 34.3 Å². The van der Waals surface area contributed by atoms with E-state index in [1.54, 1.807) is 0 Å². The predicted octanol–water partition coefficient (Wildman–Crippen LogP) is 2.53. The Morgan fingerprint density at radius 1 is 1.31 bits per heavy atom. The van der Waals surface area contributed by atoms with Crippen LogP contribution in [-0.4, -0.2) is 38.1 Å². The summed E-state index contributed by atoms with van der Waals surface area (Å²) >= 11 is 3.46. The van der Waals surface area contributed by atoms with Crippen molar-refractivity contribution in [3.63, 3.8) is 0 Å². The van der Waals surface area contributed by atoms with E-state index in [0.717, 1.165) is 24.0 Å². The predicted molar refractivity (Wildman–Crippen MR) is 73.9 cm³/mol. The van der Waals surface area contributed by atoms with Gasteiger partial charge in [-0.25, -0.2) is 0 Å². The first-order valence-corrected chi connectivity index (χ1v) is 6.52. The second-order valence-electron chi connectivity index (χ2n) is 4.26. The zero-order valence-electron chi connectivity index (χ0n) is 10.3. The molecule has 1 aromatic rings. The van der Waals surface area contributed by atoms with E-state index in [1.807, 2.05) is 7.05 Å². The van der Waals surface area contributed by atoms with Crippen molar-refractivity contribution in [2.24, 2.45) is 0 Å². The summed E-state index contributed by atoms with van der Waals surface area (Å²) in [4.78, 5) is 2.39. The third-order valence-corrected chi connectivity index (χ3v) is 3.44. The van der Waals surface area contributed by atoms with Gasteiger partial charge in [-0.15, -0.1) is 0 Å². The smallest absolute Gasteiger partial charge is 0.0175 e. The average Bonchev–Trinajstić information content (AvgIpc) is 2.29. The molecular weight excluding hydrogens is 264 g/mol. The van der Waals surface area contributed by atoms with Crippen LogP contribution in [0.2, 0.25) is 0 Å². The summed E-state index contributed by atoms with van der Waals surface area (Å²) in [7, 11) is 4.17. The van der Waals surface area contributed by atoms with Gasteiger partial charge in [0.25, 0.3) is 0 Å². The Morgan fingerprint density at radius 2 is 1.94 bits per heavy atom. The molecule has 1 atom stereocenters. The Morgan fingerprint density at radius 3 is 2.50 bits per heavy atom. The molecule has 16 heavy (non-hydrogen) atoms. The van der Waals surface area contributed by atoms with Gasteiger partial charge in [0.05, 0.1) is 0 Å². The highest BCUT2D eigenvalue weighted by Crippen LogP contribution is 2.13. The Labute approximate surface area is 107 Å². The molecule has 1 N–H and O–H groups in total. The maximum absolute atomic E-state index is 3.46. The van der Waals surface area contributed by atoms with Crippen molar-refractivity contribution >= 4 is 15.9 Å². The fourth-order valence-corrected chi connectivity index (χ4v) is 1.89. The van der Waals surface area contributed by atoms with Gasteiger partial charge in [0.15, 0.2) is 0 Å². The number of hydrogen-bond donors (Lipinski definition) is 1. The molecule has 1 aromatic carbocycles. The van der Waals surface area contributed by atoms with Gasteiger partial charge in [-0.1, -0.05) is 28.1 Å². The monoisotopic (exact) mass is 284 g/mol. The summed E-state index contributed by atoms with van der Waals surface area (Å²) in [5.74, 6) is 0. The normalized spacial score (nSPS) is 13.1. The average molecular weight is 285 g/mol. The van der Waals surface area contributed by atoms with Crippen LogP contribution in [0, 0.1) is 0 Å². The highest BCUT2D eigenvalue weighted by atomic mass is 79.9. The molecule has 3 heteroatoms. The Balaban J connectivity index is 2.43. The summed E-state index contributed by atoms with van der Waals surface area (Å²) in [5.41, 5.74) is 1.40. The van der Waals surface area contributed by atoms with Crippen LogP contribution in [-0.2, 0) is 6.42 Å². The lowest BCUT2D eigenvalue weighted by Gasteiger charge is -2.24. The van der Waals surface area contributed by atoms with Crippen LogP contribution < -0.4 is 5.32 Å². The maximum Gasteiger partial charge on any atom is 0.0175 e. The third kappa shape index (κ3) is 4.64. The van der Waals surface area contributed by atoms with Crippen LogP contribution in [0.25, 0.3) is 0 Å². The highest BCUT2D eigenvalue weighted by Gasteiger charge is 2.08. The van der Waals surface area contributed by atoms with Gasteiger partial charge in [0.1, 0.15) is 0 Å². The van der Waals surface area contributed by atoms with Crippen LogP contribution in [0.4, 0.5) is 0 Å². The van der Waals surface area contributed by atoms with E-state index in [9.17, 15) is 0 Å². The first kappa shape index (κ1) is 13.7.